The van der Waals surface area contributed by atoms with E-state index in [0.29, 0.717) is 51.7 Å². The molecule has 1 N–H and O–H groups in total. The van der Waals surface area contributed by atoms with Crippen LogP contribution in [0.4, 0.5) is 0 Å². The molecule has 0 aromatic heterocycles. The zero-order chi connectivity index (χ0) is 19.0. The van der Waals surface area contributed by atoms with Crippen LogP contribution < -0.4 is 9.46 Å². The Morgan fingerprint density at radius 3 is 2.69 bits per heavy atom. The van der Waals surface area contributed by atoms with Crippen molar-refractivity contribution in [3.8, 4) is 5.75 Å². The van der Waals surface area contributed by atoms with E-state index in [1.807, 2.05) is 6.92 Å². The molecule has 26 heavy (non-hydrogen) atoms. The van der Waals surface area contributed by atoms with Gasteiger partial charge >= 0.3 is 0 Å². The smallest absolute Gasteiger partial charge is 0.257 e. The molecule has 1 heterocycles. The molecule has 0 radical (unpaired) electrons. The lowest BCUT2D eigenvalue weighted by Crippen LogP contribution is -2.40. The summed E-state index contributed by atoms with van der Waals surface area (Å²) in [6, 6.07) is 4.30. The maximum absolute atomic E-state index is 12.7. The van der Waals surface area contributed by atoms with Crippen molar-refractivity contribution in [2.75, 3.05) is 53.2 Å². The summed E-state index contributed by atoms with van der Waals surface area (Å²) in [6.45, 7) is 5.10. The van der Waals surface area contributed by atoms with E-state index in [1.165, 1.54) is 25.3 Å². The van der Waals surface area contributed by atoms with E-state index in [2.05, 4.69) is 4.72 Å². The van der Waals surface area contributed by atoms with E-state index in [9.17, 15) is 13.2 Å². The number of amides is 1. The van der Waals surface area contributed by atoms with Gasteiger partial charge in [-0.25, -0.2) is 13.1 Å². The Hall–Kier alpha value is -1.68. The third kappa shape index (κ3) is 5.41. The van der Waals surface area contributed by atoms with Crippen LogP contribution in [0, 0.1) is 0 Å². The molecule has 0 unspecified atom stereocenters. The monoisotopic (exact) mass is 386 g/mol. The zero-order valence-electron chi connectivity index (χ0n) is 15.2. The van der Waals surface area contributed by atoms with Gasteiger partial charge in [-0.2, -0.15) is 0 Å². The molecule has 1 aromatic carbocycles. The highest BCUT2D eigenvalue weighted by molar-refractivity contribution is 7.89. The largest absolute Gasteiger partial charge is 0.496 e. The van der Waals surface area contributed by atoms with Crippen molar-refractivity contribution in [3.05, 3.63) is 23.8 Å². The molecule has 0 bridgehead atoms. The highest BCUT2D eigenvalue weighted by Crippen LogP contribution is 2.24. The van der Waals surface area contributed by atoms with E-state index in [0.717, 1.165) is 0 Å². The van der Waals surface area contributed by atoms with Crippen LogP contribution in [-0.2, 0) is 19.5 Å². The maximum Gasteiger partial charge on any atom is 0.257 e. The first-order valence-corrected chi connectivity index (χ1v) is 10.1. The molecule has 0 saturated carbocycles. The van der Waals surface area contributed by atoms with Crippen molar-refractivity contribution in [2.24, 2.45) is 0 Å². The first-order valence-electron chi connectivity index (χ1n) is 8.62. The van der Waals surface area contributed by atoms with Gasteiger partial charge in [0.1, 0.15) is 5.75 Å². The fraction of sp³-hybridized carbons (Fsp3) is 0.588. The summed E-state index contributed by atoms with van der Waals surface area (Å²) in [5.74, 6) is 0.0790. The number of benzene rings is 1. The third-order valence-electron chi connectivity index (χ3n) is 3.97. The van der Waals surface area contributed by atoms with Crippen LogP contribution in [0.25, 0.3) is 0 Å². The van der Waals surface area contributed by atoms with Crippen molar-refractivity contribution in [1.82, 2.24) is 9.62 Å². The average molecular weight is 386 g/mol. The summed E-state index contributed by atoms with van der Waals surface area (Å²) in [4.78, 5) is 14.4. The molecule has 1 aromatic rings. The minimum absolute atomic E-state index is 0.0336. The fourth-order valence-electron chi connectivity index (χ4n) is 2.57. The third-order valence-corrected chi connectivity index (χ3v) is 5.43. The maximum atomic E-state index is 12.7. The standard InChI is InChI=1S/C17H26N2O6S/c1-3-24-10-4-7-18-26(21,22)14-5-6-16(23-2)15(13-14)17(20)19-8-11-25-12-9-19/h5-6,13,18H,3-4,7-12H2,1-2H3. The summed E-state index contributed by atoms with van der Waals surface area (Å²) in [5, 5.41) is 0. The van der Waals surface area contributed by atoms with Crippen LogP contribution in [-0.4, -0.2) is 72.4 Å². The second-order valence-electron chi connectivity index (χ2n) is 5.71. The van der Waals surface area contributed by atoms with Gasteiger partial charge in [-0.3, -0.25) is 4.79 Å². The highest BCUT2D eigenvalue weighted by Gasteiger charge is 2.24. The van der Waals surface area contributed by atoms with E-state index in [4.69, 9.17) is 14.2 Å². The Labute approximate surface area is 154 Å². The van der Waals surface area contributed by atoms with Gasteiger partial charge in [0.05, 0.1) is 30.8 Å². The molecule has 9 heteroatoms. The molecular formula is C17H26N2O6S. The average Bonchev–Trinajstić information content (AvgIpc) is 2.67. The van der Waals surface area contributed by atoms with Crippen LogP contribution in [0.5, 0.6) is 5.75 Å². The van der Waals surface area contributed by atoms with E-state index >= 15 is 0 Å². The number of ether oxygens (including phenoxy) is 3. The van der Waals surface area contributed by atoms with Crippen LogP contribution in [0.3, 0.4) is 0 Å². The van der Waals surface area contributed by atoms with Crippen molar-refractivity contribution in [3.63, 3.8) is 0 Å². The van der Waals surface area contributed by atoms with Crippen molar-refractivity contribution < 1.29 is 27.4 Å². The lowest BCUT2D eigenvalue weighted by Gasteiger charge is -2.27. The number of rotatable bonds is 9. The molecule has 146 valence electrons. The fourth-order valence-corrected chi connectivity index (χ4v) is 3.67. The number of hydrogen-bond acceptors (Lipinski definition) is 6. The van der Waals surface area contributed by atoms with Gasteiger partial charge in [0.25, 0.3) is 5.91 Å². The Bertz CT molecular complexity index is 701. The lowest BCUT2D eigenvalue weighted by molar-refractivity contribution is 0.0300. The molecule has 1 aliphatic rings. The zero-order valence-corrected chi connectivity index (χ0v) is 16.0. The summed E-state index contributed by atoms with van der Waals surface area (Å²) in [6.07, 6.45) is 0.572. The first-order chi connectivity index (χ1) is 12.5. The number of nitrogens with one attached hydrogen (secondary N) is 1. The predicted octanol–water partition coefficient (Wildman–Crippen LogP) is 0.873. The molecule has 0 aliphatic carbocycles. The molecule has 1 saturated heterocycles. The number of morpholine rings is 1. The number of sulfonamides is 1. The van der Waals surface area contributed by atoms with Gasteiger partial charge in [-0.1, -0.05) is 0 Å². The molecule has 8 nitrogen and oxygen atoms in total. The number of carbonyl (C=O) groups excluding carboxylic acids is 1. The molecule has 0 atom stereocenters. The van der Waals surface area contributed by atoms with Crippen molar-refractivity contribution in [2.45, 2.75) is 18.2 Å². The van der Waals surface area contributed by atoms with E-state index in [-0.39, 0.29) is 22.9 Å². The molecule has 1 amide bonds. The molecule has 1 aliphatic heterocycles. The van der Waals surface area contributed by atoms with Gasteiger partial charge in [0.2, 0.25) is 10.0 Å². The van der Waals surface area contributed by atoms with Gasteiger partial charge < -0.3 is 19.1 Å². The Morgan fingerprint density at radius 1 is 1.31 bits per heavy atom. The SMILES string of the molecule is CCOCCCNS(=O)(=O)c1ccc(OC)c(C(=O)N2CCOCC2)c1. The van der Waals surface area contributed by atoms with Crippen LogP contribution in [0.1, 0.15) is 23.7 Å². The van der Waals surface area contributed by atoms with Crippen molar-refractivity contribution >= 4 is 15.9 Å². The lowest BCUT2D eigenvalue weighted by atomic mass is 10.1. The molecule has 1 fully saturated rings. The number of hydrogen-bond donors (Lipinski definition) is 1. The normalized spacial score (nSPS) is 15.1. The number of methoxy groups -OCH3 is 1. The summed E-state index contributed by atoms with van der Waals surface area (Å²) < 4.78 is 43.2. The van der Waals surface area contributed by atoms with Crippen LogP contribution >= 0.6 is 0 Å². The summed E-state index contributed by atoms with van der Waals surface area (Å²) in [5.41, 5.74) is 0.228. The second-order valence-corrected chi connectivity index (χ2v) is 7.48. The van der Waals surface area contributed by atoms with Crippen molar-refractivity contribution in [1.29, 1.82) is 0 Å². The summed E-state index contributed by atoms with van der Waals surface area (Å²) in [7, 11) is -2.27. The Balaban J connectivity index is 2.15. The first kappa shape index (κ1) is 20.6. The Kier molecular flexibility index (Phi) is 7.83. The summed E-state index contributed by atoms with van der Waals surface area (Å²) >= 11 is 0. The highest BCUT2D eigenvalue weighted by atomic mass is 32.2. The minimum atomic E-state index is -3.72. The molecular weight excluding hydrogens is 360 g/mol. The predicted molar refractivity (Wildman–Crippen MR) is 96.0 cm³/mol. The van der Waals surface area contributed by atoms with Gasteiger partial charge in [0.15, 0.2) is 0 Å². The molecule has 0 spiro atoms. The van der Waals surface area contributed by atoms with Gasteiger partial charge in [0, 0.05) is 32.8 Å². The topological polar surface area (TPSA) is 94.2 Å². The van der Waals surface area contributed by atoms with Gasteiger partial charge in [-0.05, 0) is 31.5 Å². The number of carbonyl (C=O) groups is 1. The van der Waals surface area contributed by atoms with Crippen LogP contribution in [0.2, 0.25) is 0 Å². The number of nitrogens with zero attached hydrogens (tertiary/aromatic N) is 1. The molecule has 2 rings (SSSR count). The van der Waals surface area contributed by atoms with Crippen LogP contribution in [0.15, 0.2) is 23.1 Å². The Morgan fingerprint density at radius 2 is 2.04 bits per heavy atom. The van der Waals surface area contributed by atoms with E-state index in [1.54, 1.807) is 4.90 Å². The van der Waals surface area contributed by atoms with E-state index < -0.39 is 10.0 Å². The minimum Gasteiger partial charge on any atom is -0.496 e. The quantitative estimate of drug-likeness (QED) is 0.633. The second kappa shape index (κ2) is 9.86. The van der Waals surface area contributed by atoms with Gasteiger partial charge in [-0.15, -0.1) is 0 Å².